The minimum absolute atomic E-state index is 0.0927. The standard InChI is InChI=1S/C11H10BrClN2O5S/c1-11(2-3-11)14-10(16)7-4-6(15(17)18)5-8(9(7)12)21(13,19)20/h4-5H,2-3H2,1H3,(H,14,16). The lowest BCUT2D eigenvalue weighted by Gasteiger charge is -2.13. The molecule has 1 aromatic carbocycles. The largest absolute Gasteiger partial charge is 0.347 e. The number of carbonyl (C=O) groups is 1. The molecule has 2 rings (SSSR count). The number of benzene rings is 1. The SMILES string of the molecule is CC1(NC(=O)c2cc([N+](=O)[O-])cc(S(=O)(=O)Cl)c2Br)CC1. The maximum atomic E-state index is 12.2. The van der Waals surface area contributed by atoms with Crippen molar-refractivity contribution in [2.45, 2.75) is 30.2 Å². The molecule has 0 saturated heterocycles. The van der Waals surface area contributed by atoms with E-state index in [2.05, 4.69) is 21.2 Å². The van der Waals surface area contributed by atoms with Gasteiger partial charge in [-0.15, -0.1) is 0 Å². The summed E-state index contributed by atoms with van der Waals surface area (Å²) in [5, 5.41) is 13.6. The number of non-ortho nitro benzene ring substituents is 1. The second-order valence-corrected chi connectivity index (χ2v) is 8.34. The summed E-state index contributed by atoms with van der Waals surface area (Å²) in [7, 11) is 1.02. The molecule has 1 saturated carbocycles. The first kappa shape index (κ1) is 16.2. The number of hydrogen-bond donors (Lipinski definition) is 1. The van der Waals surface area contributed by atoms with Crippen molar-refractivity contribution < 1.29 is 18.1 Å². The lowest BCUT2D eigenvalue weighted by molar-refractivity contribution is -0.385. The van der Waals surface area contributed by atoms with Crippen molar-refractivity contribution in [3.63, 3.8) is 0 Å². The van der Waals surface area contributed by atoms with Crippen molar-refractivity contribution in [3.05, 3.63) is 32.3 Å². The van der Waals surface area contributed by atoms with Gasteiger partial charge in [0.15, 0.2) is 0 Å². The Kier molecular flexibility index (Phi) is 4.02. The average molecular weight is 398 g/mol. The molecule has 21 heavy (non-hydrogen) atoms. The van der Waals surface area contributed by atoms with Gasteiger partial charge in [0.05, 0.1) is 15.0 Å². The highest BCUT2D eigenvalue weighted by molar-refractivity contribution is 9.10. The van der Waals surface area contributed by atoms with Gasteiger partial charge in [-0.1, -0.05) is 0 Å². The van der Waals surface area contributed by atoms with Crippen LogP contribution in [0, 0.1) is 10.1 Å². The van der Waals surface area contributed by atoms with Gasteiger partial charge in [0.25, 0.3) is 20.6 Å². The summed E-state index contributed by atoms with van der Waals surface area (Å²) in [5.74, 6) is -0.591. The zero-order valence-electron chi connectivity index (χ0n) is 10.7. The minimum atomic E-state index is -4.23. The normalized spacial score (nSPS) is 16.3. The van der Waals surface area contributed by atoms with E-state index in [4.69, 9.17) is 10.7 Å². The molecule has 0 spiro atoms. The van der Waals surface area contributed by atoms with Crippen molar-refractivity contribution in [1.82, 2.24) is 5.32 Å². The van der Waals surface area contributed by atoms with Gasteiger partial charge in [-0.25, -0.2) is 8.42 Å². The molecule has 10 heteroatoms. The zero-order valence-corrected chi connectivity index (χ0v) is 13.9. The molecular formula is C11H10BrClN2O5S. The Morgan fingerprint density at radius 3 is 2.48 bits per heavy atom. The van der Waals surface area contributed by atoms with Crippen LogP contribution in [0.5, 0.6) is 0 Å². The predicted octanol–water partition coefficient (Wildman–Crippen LogP) is 2.57. The fraction of sp³-hybridized carbons (Fsp3) is 0.364. The van der Waals surface area contributed by atoms with E-state index in [9.17, 15) is 23.3 Å². The van der Waals surface area contributed by atoms with Crippen LogP contribution in [-0.2, 0) is 9.05 Å². The Morgan fingerprint density at radius 1 is 1.48 bits per heavy atom. The van der Waals surface area contributed by atoms with Gasteiger partial charge in [-0.2, -0.15) is 0 Å². The number of carbonyl (C=O) groups excluding carboxylic acids is 1. The summed E-state index contributed by atoms with van der Waals surface area (Å²) in [6, 6.07) is 1.82. The van der Waals surface area contributed by atoms with Crippen LogP contribution in [0.1, 0.15) is 30.1 Å². The third-order valence-electron chi connectivity index (χ3n) is 3.16. The molecule has 1 N–H and O–H groups in total. The summed E-state index contributed by atoms with van der Waals surface area (Å²) in [6.45, 7) is 1.83. The monoisotopic (exact) mass is 396 g/mol. The van der Waals surface area contributed by atoms with E-state index in [0.717, 1.165) is 25.0 Å². The van der Waals surface area contributed by atoms with E-state index < -0.39 is 30.5 Å². The molecule has 0 unspecified atom stereocenters. The summed E-state index contributed by atoms with van der Waals surface area (Å²) in [5.41, 5.74) is -1.01. The highest BCUT2D eigenvalue weighted by Gasteiger charge is 2.39. The first-order chi connectivity index (χ1) is 9.53. The van der Waals surface area contributed by atoms with Crippen molar-refractivity contribution in [1.29, 1.82) is 0 Å². The second kappa shape index (κ2) is 5.22. The van der Waals surface area contributed by atoms with Crippen molar-refractivity contribution >= 4 is 47.3 Å². The summed E-state index contributed by atoms with van der Waals surface area (Å²) >= 11 is 2.98. The number of amides is 1. The Balaban J connectivity index is 2.56. The van der Waals surface area contributed by atoms with Crippen LogP contribution >= 0.6 is 26.6 Å². The molecule has 0 aromatic heterocycles. The van der Waals surface area contributed by atoms with Crippen LogP contribution in [0.3, 0.4) is 0 Å². The van der Waals surface area contributed by atoms with E-state index in [-0.39, 0.29) is 15.6 Å². The molecule has 0 aliphatic heterocycles. The van der Waals surface area contributed by atoms with Crippen LogP contribution in [0.2, 0.25) is 0 Å². The third kappa shape index (κ3) is 3.53. The molecule has 1 aliphatic rings. The molecule has 0 atom stereocenters. The number of halogens is 2. The van der Waals surface area contributed by atoms with Crippen LogP contribution < -0.4 is 5.32 Å². The lowest BCUT2D eigenvalue weighted by atomic mass is 10.1. The molecule has 1 amide bonds. The van der Waals surface area contributed by atoms with E-state index in [0.29, 0.717) is 0 Å². The molecule has 0 bridgehead atoms. The number of nitro groups is 1. The van der Waals surface area contributed by atoms with Crippen molar-refractivity contribution in [3.8, 4) is 0 Å². The quantitative estimate of drug-likeness (QED) is 0.477. The highest BCUT2D eigenvalue weighted by Crippen LogP contribution is 2.37. The van der Waals surface area contributed by atoms with Gasteiger partial charge >= 0.3 is 0 Å². The maximum absolute atomic E-state index is 12.2. The fourth-order valence-corrected chi connectivity index (χ4v) is 3.96. The Morgan fingerprint density at radius 2 is 2.05 bits per heavy atom. The van der Waals surface area contributed by atoms with Gasteiger partial charge < -0.3 is 5.32 Å². The van der Waals surface area contributed by atoms with E-state index in [1.807, 2.05) is 6.92 Å². The van der Waals surface area contributed by atoms with E-state index >= 15 is 0 Å². The van der Waals surface area contributed by atoms with Gasteiger partial charge in [-0.05, 0) is 35.7 Å². The average Bonchev–Trinajstić information content (AvgIpc) is 3.04. The number of nitrogens with one attached hydrogen (secondary N) is 1. The number of nitrogens with zero attached hydrogens (tertiary/aromatic N) is 1. The van der Waals surface area contributed by atoms with Crippen LogP contribution in [-0.4, -0.2) is 24.8 Å². The maximum Gasteiger partial charge on any atom is 0.271 e. The van der Waals surface area contributed by atoms with E-state index in [1.54, 1.807) is 0 Å². The minimum Gasteiger partial charge on any atom is -0.347 e. The number of nitro benzene ring substituents is 1. The van der Waals surface area contributed by atoms with Crippen LogP contribution in [0.25, 0.3) is 0 Å². The smallest absolute Gasteiger partial charge is 0.271 e. The number of hydrogen-bond acceptors (Lipinski definition) is 5. The molecule has 1 aliphatic carbocycles. The molecule has 1 fully saturated rings. The van der Waals surface area contributed by atoms with E-state index in [1.165, 1.54) is 0 Å². The first-order valence-corrected chi connectivity index (χ1v) is 8.89. The molecule has 0 radical (unpaired) electrons. The van der Waals surface area contributed by atoms with Gasteiger partial charge in [0.2, 0.25) is 0 Å². The molecule has 0 heterocycles. The zero-order chi connectivity index (χ0) is 16.0. The first-order valence-electron chi connectivity index (χ1n) is 5.79. The molecular weight excluding hydrogens is 388 g/mol. The van der Waals surface area contributed by atoms with Gasteiger partial charge in [-0.3, -0.25) is 14.9 Å². The lowest BCUT2D eigenvalue weighted by Crippen LogP contribution is -2.34. The Bertz CT molecular complexity index is 745. The third-order valence-corrected chi connectivity index (χ3v) is 5.62. The van der Waals surface area contributed by atoms with Gasteiger partial charge in [0.1, 0.15) is 4.90 Å². The fourth-order valence-electron chi connectivity index (χ4n) is 1.69. The predicted molar refractivity (Wildman–Crippen MR) is 78.9 cm³/mol. The van der Waals surface area contributed by atoms with Crippen LogP contribution in [0.4, 0.5) is 5.69 Å². The van der Waals surface area contributed by atoms with Crippen LogP contribution in [0.15, 0.2) is 21.5 Å². The van der Waals surface area contributed by atoms with Gasteiger partial charge in [0, 0.05) is 28.4 Å². The summed E-state index contributed by atoms with van der Waals surface area (Å²) < 4.78 is 22.9. The molecule has 7 nitrogen and oxygen atoms in total. The van der Waals surface area contributed by atoms with Crippen molar-refractivity contribution in [2.75, 3.05) is 0 Å². The second-order valence-electron chi connectivity index (χ2n) is 5.02. The Hall–Kier alpha value is -1.19. The topological polar surface area (TPSA) is 106 Å². The summed E-state index contributed by atoms with van der Waals surface area (Å²) in [4.78, 5) is 21.8. The highest BCUT2D eigenvalue weighted by atomic mass is 79.9. The number of rotatable bonds is 4. The summed E-state index contributed by atoms with van der Waals surface area (Å²) in [6.07, 6.45) is 1.60. The van der Waals surface area contributed by atoms with Crippen molar-refractivity contribution in [2.24, 2.45) is 0 Å². The molecule has 114 valence electrons. The Labute approximate surface area is 133 Å². The molecule has 1 aromatic rings.